The highest BCUT2D eigenvalue weighted by Gasteiger charge is 2.42. The zero-order valence-electron chi connectivity index (χ0n) is 20.1. The standard InChI is InChI=1S/C26H29ClN6O2/c1-5-9-13-31-18-28-22-23(27)29-26-32(14-10-6-2)30-24(33(26)25(22)31)19-11-12-20(34-15-7-3)21(17-19)35-16-8-4/h3-4,11-12,17-18,26H,5-6,9-10,13-16H2,1-2H3. The molecule has 3 heterocycles. The van der Waals surface area contributed by atoms with E-state index in [9.17, 15) is 0 Å². The molecule has 8 nitrogen and oxygen atoms in total. The number of aryl methyl sites for hydroxylation is 1. The van der Waals surface area contributed by atoms with Crippen LogP contribution in [0.25, 0.3) is 0 Å². The maximum Gasteiger partial charge on any atom is 0.222 e. The lowest BCUT2D eigenvalue weighted by molar-refractivity contribution is 0.232. The van der Waals surface area contributed by atoms with E-state index >= 15 is 0 Å². The molecule has 0 bridgehead atoms. The molecule has 0 spiro atoms. The molecule has 2 aromatic rings. The van der Waals surface area contributed by atoms with Crippen LogP contribution in [0.1, 0.15) is 50.8 Å². The number of hydrogen-bond donors (Lipinski definition) is 0. The van der Waals surface area contributed by atoms with E-state index in [-0.39, 0.29) is 19.5 Å². The van der Waals surface area contributed by atoms with E-state index in [4.69, 9.17) is 44.0 Å². The number of rotatable bonds is 11. The first kappa shape index (κ1) is 24.5. The Labute approximate surface area is 211 Å². The number of terminal acetylenes is 2. The van der Waals surface area contributed by atoms with Gasteiger partial charge in [0, 0.05) is 18.7 Å². The van der Waals surface area contributed by atoms with Crippen LogP contribution in [0, 0.1) is 24.7 Å². The van der Waals surface area contributed by atoms with Crippen LogP contribution < -0.4 is 14.4 Å². The molecule has 0 amide bonds. The molecule has 0 saturated carbocycles. The van der Waals surface area contributed by atoms with Gasteiger partial charge in [-0.05, 0) is 31.0 Å². The van der Waals surface area contributed by atoms with Crippen LogP contribution in [0.2, 0.25) is 0 Å². The molecule has 0 saturated heterocycles. The summed E-state index contributed by atoms with van der Waals surface area (Å²) < 4.78 is 13.6. The van der Waals surface area contributed by atoms with Gasteiger partial charge in [0.1, 0.15) is 24.7 Å². The van der Waals surface area contributed by atoms with Crippen LogP contribution in [0.5, 0.6) is 11.5 Å². The van der Waals surface area contributed by atoms with E-state index in [1.54, 1.807) is 0 Å². The van der Waals surface area contributed by atoms with Gasteiger partial charge in [-0.25, -0.2) is 9.98 Å². The molecule has 2 aliphatic heterocycles. The predicted octanol–water partition coefficient (Wildman–Crippen LogP) is 4.27. The third-order valence-electron chi connectivity index (χ3n) is 5.73. The van der Waals surface area contributed by atoms with Gasteiger partial charge >= 0.3 is 0 Å². The second kappa shape index (κ2) is 11.2. The Hall–Kier alpha value is -3.62. The number of hydrogen-bond acceptors (Lipinski definition) is 7. The molecule has 0 radical (unpaired) electrons. The molecular formula is C26H29ClN6O2. The number of unbranched alkanes of at least 4 members (excludes halogenated alkanes) is 2. The minimum absolute atomic E-state index is 0.102. The number of aliphatic imine (C=N–C) groups is 1. The zero-order valence-corrected chi connectivity index (χ0v) is 20.8. The molecule has 4 rings (SSSR count). The average molecular weight is 493 g/mol. The van der Waals surface area contributed by atoms with E-state index in [1.807, 2.05) is 29.5 Å². The second-order valence-corrected chi connectivity index (χ2v) is 8.55. The first-order valence-electron chi connectivity index (χ1n) is 11.8. The number of nitrogens with zero attached hydrogens (tertiary/aromatic N) is 6. The molecule has 1 aromatic heterocycles. The predicted molar refractivity (Wildman–Crippen MR) is 139 cm³/mol. The minimum atomic E-state index is -0.388. The summed E-state index contributed by atoms with van der Waals surface area (Å²) in [5, 5.41) is 7.36. The van der Waals surface area contributed by atoms with Gasteiger partial charge in [0.15, 0.2) is 22.5 Å². The molecule has 35 heavy (non-hydrogen) atoms. The number of ether oxygens (including phenoxy) is 2. The summed E-state index contributed by atoms with van der Waals surface area (Å²) in [6.07, 6.45) is 16.3. The number of aromatic nitrogens is 2. The number of hydrazone groups is 1. The van der Waals surface area contributed by atoms with Crippen molar-refractivity contribution in [2.24, 2.45) is 10.1 Å². The van der Waals surface area contributed by atoms with E-state index in [1.165, 1.54) is 0 Å². The summed E-state index contributed by atoms with van der Waals surface area (Å²) in [5.74, 6) is 7.61. The number of imidazole rings is 1. The Balaban J connectivity index is 1.79. The number of fused-ring (bicyclic) bond motifs is 3. The molecule has 2 aliphatic rings. The first-order chi connectivity index (χ1) is 17.1. The highest BCUT2D eigenvalue weighted by Crippen LogP contribution is 2.38. The summed E-state index contributed by atoms with van der Waals surface area (Å²) in [6, 6.07) is 5.62. The van der Waals surface area contributed by atoms with E-state index in [0.717, 1.165) is 56.0 Å². The molecular weight excluding hydrogens is 464 g/mol. The molecule has 0 N–H and O–H groups in total. The normalized spacial score (nSPS) is 16.1. The summed E-state index contributed by atoms with van der Waals surface area (Å²) >= 11 is 6.60. The van der Waals surface area contributed by atoms with Gasteiger partial charge in [0.2, 0.25) is 6.29 Å². The van der Waals surface area contributed by atoms with Crippen LogP contribution >= 0.6 is 11.6 Å². The molecule has 9 heteroatoms. The summed E-state index contributed by atoms with van der Waals surface area (Å²) in [7, 11) is 0. The summed E-state index contributed by atoms with van der Waals surface area (Å²) in [6.45, 7) is 6.11. The summed E-state index contributed by atoms with van der Waals surface area (Å²) in [5.41, 5.74) is 1.48. The monoisotopic (exact) mass is 492 g/mol. The fourth-order valence-electron chi connectivity index (χ4n) is 4.03. The van der Waals surface area contributed by atoms with Gasteiger partial charge in [0.25, 0.3) is 0 Å². The first-order valence-corrected chi connectivity index (χ1v) is 12.2. The summed E-state index contributed by atoms with van der Waals surface area (Å²) in [4.78, 5) is 11.4. The van der Waals surface area contributed by atoms with Crippen molar-refractivity contribution >= 4 is 28.4 Å². The van der Waals surface area contributed by atoms with Gasteiger partial charge < -0.3 is 14.0 Å². The lowest BCUT2D eigenvalue weighted by Gasteiger charge is -2.32. The van der Waals surface area contributed by atoms with Gasteiger partial charge in [-0.1, -0.05) is 50.1 Å². The Bertz CT molecular complexity index is 1210. The third-order valence-corrected chi connectivity index (χ3v) is 6.01. The van der Waals surface area contributed by atoms with Crippen LogP contribution in [-0.4, -0.2) is 51.6 Å². The van der Waals surface area contributed by atoms with Gasteiger partial charge in [-0.15, -0.1) is 12.8 Å². The van der Waals surface area contributed by atoms with Crippen LogP contribution in [0.4, 0.5) is 5.82 Å². The van der Waals surface area contributed by atoms with Gasteiger partial charge in [-0.2, -0.15) is 5.10 Å². The Kier molecular flexibility index (Phi) is 7.84. The number of benzene rings is 1. The van der Waals surface area contributed by atoms with Crippen molar-refractivity contribution in [3.05, 3.63) is 35.8 Å². The smallest absolute Gasteiger partial charge is 0.222 e. The van der Waals surface area contributed by atoms with Crippen LogP contribution in [0.15, 0.2) is 34.6 Å². The Morgan fingerprint density at radius 3 is 2.46 bits per heavy atom. The maximum atomic E-state index is 6.60. The highest BCUT2D eigenvalue weighted by molar-refractivity contribution is 6.70. The van der Waals surface area contributed by atoms with E-state index in [0.29, 0.717) is 22.4 Å². The van der Waals surface area contributed by atoms with Crippen molar-refractivity contribution in [2.45, 2.75) is 52.4 Å². The highest BCUT2D eigenvalue weighted by atomic mass is 35.5. The van der Waals surface area contributed by atoms with E-state index < -0.39 is 0 Å². The second-order valence-electron chi connectivity index (χ2n) is 8.19. The van der Waals surface area contributed by atoms with E-state index in [2.05, 4.69) is 40.1 Å². The topological polar surface area (TPSA) is 67.5 Å². The van der Waals surface area contributed by atoms with Crippen molar-refractivity contribution < 1.29 is 9.47 Å². The molecule has 0 aliphatic carbocycles. The van der Waals surface area contributed by atoms with Crippen LogP contribution in [0.3, 0.4) is 0 Å². The molecule has 1 atom stereocenters. The number of anilines is 1. The third kappa shape index (κ3) is 4.94. The maximum absolute atomic E-state index is 6.60. The van der Waals surface area contributed by atoms with Crippen molar-refractivity contribution in [1.29, 1.82) is 0 Å². The van der Waals surface area contributed by atoms with Crippen LogP contribution in [-0.2, 0) is 6.54 Å². The largest absolute Gasteiger partial charge is 0.477 e. The van der Waals surface area contributed by atoms with Crippen molar-refractivity contribution in [2.75, 3.05) is 24.7 Å². The van der Waals surface area contributed by atoms with Crippen molar-refractivity contribution in [3.63, 3.8) is 0 Å². The molecule has 0 fully saturated rings. The minimum Gasteiger partial charge on any atom is -0.477 e. The van der Waals surface area contributed by atoms with Crippen molar-refractivity contribution in [1.82, 2.24) is 14.6 Å². The number of halogens is 1. The Morgan fingerprint density at radius 2 is 1.74 bits per heavy atom. The fourth-order valence-corrected chi connectivity index (χ4v) is 4.25. The van der Waals surface area contributed by atoms with Gasteiger partial charge in [-0.3, -0.25) is 9.91 Å². The number of amidine groups is 1. The molecule has 1 aromatic carbocycles. The SMILES string of the molecule is C#CCOc1ccc(C2=NN(CCCC)C3N=C(Cl)c4ncn(CCCC)c4N23)cc1OCC#C. The zero-order chi connectivity index (χ0) is 24.8. The quantitative estimate of drug-likeness (QED) is 0.438. The molecule has 1 unspecified atom stereocenters. The fraction of sp³-hybridized carbons (Fsp3) is 0.423. The molecule has 182 valence electrons. The van der Waals surface area contributed by atoms with Gasteiger partial charge in [0.05, 0.1) is 6.33 Å². The van der Waals surface area contributed by atoms with Crippen molar-refractivity contribution in [3.8, 4) is 36.2 Å². The lowest BCUT2D eigenvalue weighted by atomic mass is 10.1. The average Bonchev–Trinajstić information content (AvgIpc) is 3.45. The lowest BCUT2D eigenvalue weighted by Crippen LogP contribution is -2.45. The Morgan fingerprint density at radius 1 is 1.03 bits per heavy atom.